The van der Waals surface area contributed by atoms with Crippen LogP contribution in [0.5, 0.6) is 0 Å². The predicted molar refractivity (Wildman–Crippen MR) is 109 cm³/mol. The fourth-order valence-electron chi connectivity index (χ4n) is 4.08. The molecule has 1 aliphatic carbocycles. The first-order valence-corrected chi connectivity index (χ1v) is 10.4. The number of halogens is 3. The molecule has 1 amide bonds. The van der Waals surface area contributed by atoms with Gasteiger partial charge in [0, 0.05) is 12.4 Å². The van der Waals surface area contributed by atoms with Gasteiger partial charge in [0.1, 0.15) is 5.56 Å². The lowest BCUT2D eigenvalue weighted by molar-refractivity contribution is 0.102. The quantitative estimate of drug-likeness (QED) is 0.599. The fraction of sp³-hybridized carbons (Fsp3) is 0.500. The fourth-order valence-corrected chi connectivity index (χ4v) is 4.23. The molecule has 3 aromatic heterocycles. The minimum absolute atomic E-state index is 0.00861. The monoisotopic (exact) mass is 436 g/mol. The highest BCUT2D eigenvalue weighted by atomic mass is 35.5. The summed E-state index contributed by atoms with van der Waals surface area (Å²) >= 11 is 5.88. The lowest BCUT2D eigenvalue weighted by atomic mass is 9.80. The molecule has 0 saturated heterocycles. The topological polar surface area (TPSA) is 77.1 Å². The van der Waals surface area contributed by atoms with Crippen molar-refractivity contribution in [2.45, 2.75) is 52.0 Å². The van der Waals surface area contributed by atoms with Gasteiger partial charge in [0.25, 0.3) is 12.3 Å². The summed E-state index contributed by atoms with van der Waals surface area (Å²) in [6.07, 6.45) is 6.81. The van der Waals surface area contributed by atoms with Crippen molar-refractivity contribution in [1.82, 2.24) is 24.4 Å². The molecule has 0 atom stereocenters. The lowest BCUT2D eigenvalue weighted by Crippen LogP contribution is -2.21. The number of carbonyl (C=O) groups excluding carboxylic acids is 1. The summed E-state index contributed by atoms with van der Waals surface area (Å²) in [4.78, 5) is 16.8. The second-order valence-corrected chi connectivity index (χ2v) is 8.51. The molecule has 0 bridgehead atoms. The number of rotatable bonds is 5. The molecule has 7 nitrogen and oxygen atoms in total. The Labute approximate surface area is 177 Å². The Balaban J connectivity index is 1.55. The second kappa shape index (κ2) is 8.29. The summed E-state index contributed by atoms with van der Waals surface area (Å²) in [6, 6.07) is 0.0592. The molecule has 3 heterocycles. The van der Waals surface area contributed by atoms with E-state index in [0.29, 0.717) is 16.9 Å². The van der Waals surface area contributed by atoms with Crippen LogP contribution in [0.15, 0.2) is 24.8 Å². The van der Waals surface area contributed by atoms with Gasteiger partial charge in [-0.2, -0.15) is 10.2 Å². The Morgan fingerprint density at radius 2 is 1.93 bits per heavy atom. The largest absolute Gasteiger partial charge is 0.319 e. The third kappa shape index (κ3) is 4.03. The molecule has 3 aromatic rings. The molecule has 0 radical (unpaired) electrons. The normalized spacial score (nSPS) is 19.7. The third-order valence-corrected chi connectivity index (χ3v) is 6.04. The zero-order valence-corrected chi connectivity index (χ0v) is 17.5. The maximum Gasteiger partial charge on any atom is 0.284 e. The average molecular weight is 437 g/mol. The van der Waals surface area contributed by atoms with E-state index < -0.39 is 18.0 Å². The summed E-state index contributed by atoms with van der Waals surface area (Å²) in [5, 5.41) is 11.1. The van der Waals surface area contributed by atoms with E-state index in [4.69, 9.17) is 11.6 Å². The summed E-state index contributed by atoms with van der Waals surface area (Å²) < 4.78 is 30.1. The van der Waals surface area contributed by atoms with Crippen molar-refractivity contribution in [2.24, 2.45) is 11.8 Å². The standard InChI is InChI=1S/C20H23ClF2N6O/c1-11(2)12-3-5-14(6-4-12)28-10-16(17(27-28)18(22)23)26-20(30)15-8-25-29-9-13(21)7-24-19(15)29/h7-12,14,18H,3-6H2,1-2H3,(H,26,30)/t12-,14-. The van der Waals surface area contributed by atoms with Gasteiger partial charge in [0.15, 0.2) is 11.3 Å². The molecule has 10 heteroatoms. The molecule has 0 spiro atoms. The molecular formula is C20H23ClF2N6O. The average Bonchev–Trinajstić information content (AvgIpc) is 3.32. The van der Waals surface area contributed by atoms with Crippen LogP contribution in [0.3, 0.4) is 0 Å². The number of amides is 1. The van der Waals surface area contributed by atoms with E-state index in [1.807, 2.05) is 0 Å². The Kier molecular flexibility index (Phi) is 5.73. The summed E-state index contributed by atoms with van der Waals surface area (Å²) in [6.45, 7) is 4.43. The number of nitrogens with zero attached hydrogens (tertiary/aromatic N) is 5. The van der Waals surface area contributed by atoms with Crippen molar-refractivity contribution in [3.8, 4) is 0 Å². The Bertz CT molecular complexity index is 1050. The van der Waals surface area contributed by atoms with E-state index in [-0.39, 0.29) is 22.9 Å². The lowest BCUT2D eigenvalue weighted by Gasteiger charge is -2.30. The summed E-state index contributed by atoms with van der Waals surface area (Å²) in [5.74, 6) is 0.691. The number of hydrogen-bond acceptors (Lipinski definition) is 4. The molecule has 1 N–H and O–H groups in total. The van der Waals surface area contributed by atoms with Crippen LogP contribution in [0.2, 0.25) is 5.02 Å². The molecular weight excluding hydrogens is 414 g/mol. The van der Waals surface area contributed by atoms with Crippen molar-refractivity contribution < 1.29 is 13.6 Å². The van der Waals surface area contributed by atoms with Crippen molar-refractivity contribution in [1.29, 1.82) is 0 Å². The number of nitrogens with one attached hydrogen (secondary N) is 1. The minimum Gasteiger partial charge on any atom is -0.319 e. The molecule has 1 saturated carbocycles. The van der Waals surface area contributed by atoms with Gasteiger partial charge in [0.05, 0.1) is 29.1 Å². The molecule has 0 aliphatic heterocycles. The first kappa shape index (κ1) is 20.7. The van der Waals surface area contributed by atoms with E-state index in [0.717, 1.165) is 25.7 Å². The van der Waals surface area contributed by atoms with Crippen molar-refractivity contribution in [2.75, 3.05) is 5.32 Å². The van der Waals surface area contributed by atoms with Crippen LogP contribution in [-0.2, 0) is 0 Å². The maximum atomic E-state index is 13.6. The number of hydrogen-bond donors (Lipinski definition) is 1. The van der Waals surface area contributed by atoms with Gasteiger partial charge in [-0.3, -0.25) is 9.48 Å². The van der Waals surface area contributed by atoms with Gasteiger partial charge >= 0.3 is 0 Å². The van der Waals surface area contributed by atoms with Crippen molar-refractivity contribution >= 4 is 28.8 Å². The van der Waals surface area contributed by atoms with Crippen LogP contribution < -0.4 is 5.32 Å². The first-order valence-electron chi connectivity index (χ1n) is 10.0. The van der Waals surface area contributed by atoms with Gasteiger partial charge in [-0.1, -0.05) is 25.4 Å². The number of alkyl halides is 2. The van der Waals surface area contributed by atoms with Crippen LogP contribution in [0, 0.1) is 11.8 Å². The van der Waals surface area contributed by atoms with Crippen LogP contribution >= 0.6 is 11.6 Å². The first-order chi connectivity index (χ1) is 14.3. The van der Waals surface area contributed by atoms with E-state index in [2.05, 4.69) is 34.3 Å². The van der Waals surface area contributed by atoms with E-state index in [1.54, 1.807) is 4.68 Å². The molecule has 0 aromatic carbocycles. The van der Waals surface area contributed by atoms with Crippen LogP contribution in [0.1, 0.15) is 68.0 Å². The summed E-state index contributed by atoms with van der Waals surface area (Å²) in [7, 11) is 0. The molecule has 160 valence electrons. The minimum atomic E-state index is -2.80. The Morgan fingerprint density at radius 3 is 2.60 bits per heavy atom. The van der Waals surface area contributed by atoms with Gasteiger partial charge in [-0.15, -0.1) is 0 Å². The highest BCUT2D eigenvalue weighted by Gasteiger charge is 2.28. The molecule has 1 aliphatic rings. The Morgan fingerprint density at radius 1 is 1.20 bits per heavy atom. The van der Waals surface area contributed by atoms with Crippen LogP contribution in [0.25, 0.3) is 5.65 Å². The third-order valence-electron chi connectivity index (χ3n) is 5.84. The molecule has 30 heavy (non-hydrogen) atoms. The van der Waals surface area contributed by atoms with Gasteiger partial charge in [0.2, 0.25) is 0 Å². The number of aromatic nitrogens is 5. The number of fused-ring (bicyclic) bond motifs is 1. The number of carbonyl (C=O) groups is 1. The SMILES string of the molecule is CC(C)[C@H]1CC[C@H](n2cc(NC(=O)c3cnn4cc(Cl)cnc34)c(C(F)F)n2)CC1. The smallest absolute Gasteiger partial charge is 0.284 e. The van der Waals surface area contributed by atoms with Gasteiger partial charge in [-0.25, -0.2) is 18.3 Å². The highest BCUT2D eigenvalue weighted by Crippen LogP contribution is 2.37. The zero-order valence-electron chi connectivity index (χ0n) is 16.7. The van der Waals surface area contributed by atoms with E-state index >= 15 is 0 Å². The van der Waals surface area contributed by atoms with Crippen LogP contribution in [-0.4, -0.2) is 30.3 Å². The summed E-state index contributed by atoms with van der Waals surface area (Å²) in [5.41, 5.74) is 0.0306. The molecule has 1 fully saturated rings. The highest BCUT2D eigenvalue weighted by molar-refractivity contribution is 6.30. The van der Waals surface area contributed by atoms with Crippen molar-refractivity contribution in [3.05, 3.63) is 41.1 Å². The maximum absolute atomic E-state index is 13.6. The van der Waals surface area contributed by atoms with Crippen LogP contribution in [0.4, 0.5) is 14.5 Å². The van der Waals surface area contributed by atoms with E-state index in [9.17, 15) is 13.6 Å². The van der Waals surface area contributed by atoms with Gasteiger partial charge in [-0.05, 0) is 37.5 Å². The Hall–Kier alpha value is -2.55. The molecule has 0 unspecified atom stereocenters. The second-order valence-electron chi connectivity index (χ2n) is 8.07. The molecule has 4 rings (SSSR count). The van der Waals surface area contributed by atoms with Crippen molar-refractivity contribution in [3.63, 3.8) is 0 Å². The van der Waals surface area contributed by atoms with E-state index in [1.165, 1.54) is 29.3 Å². The van der Waals surface area contributed by atoms with Gasteiger partial charge < -0.3 is 5.32 Å². The zero-order chi connectivity index (χ0) is 21.4. The predicted octanol–water partition coefficient (Wildman–Crippen LogP) is 5.16. The number of anilines is 1.